The van der Waals surface area contributed by atoms with Crippen LogP contribution in [0.2, 0.25) is 26.2 Å². The summed E-state index contributed by atoms with van der Waals surface area (Å²) in [5.74, 6) is 0. The Hall–Kier alpha value is -1.39. The molecule has 140 valence electrons. The Morgan fingerprint density at radius 1 is 0.731 bits per heavy atom. The summed E-state index contributed by atoms with van der Waals surface area (Å²) in [6.45, 7) is 12.4. The molecule has 2 aromatic rings. The second kappa shape index (κ2) is 9.52. The molecule has 0 N–H and O–H groups in total. The predicted octanol–water partition coefficient (Wildman–Crippen LogP) is 6.19. The molecule has 0 amide bonds. The zero-order valence-electron chi connectivity index (χ0n) is 17.4. The maximum absolute atomic E-state index is 2.74. The van der Waals surface area contributed by atoms with Crippen molar-refractivity contribution in [1.29, 1.82) is 0 Å². The van der Waals surface area contributed by atoms with Crippen LogP contribution in [0.4, 0.5) is 0 Å². The topological polar surface area (TPSA) is 0 Å². The van der Waals surface area contributed by atoms with Crippen LogP contribution in [0.1, 0.15) is 39.0 Å². The highest BCUT2D eigenvalue weighted by atomic mass is 28.3. The van der Waals surface area contributed by atoms with Gasteiger partial charge in [-0.25, -0.2) is 0 Å². The molecular weight excluding hydrogens is 344 g/mol. The van der Waals surface area contributed by atoms with Gasteiger partial charge in [-0.15, -0.1) is 0 Å². The molecule has 0 spiro atoms. The van der Waals surface area contributed by atoms with Crippen LogP contribution < -0.4 is 10.4 Å². The minimum atomic E-state index is -1.62. The Bertz CT molecular complexity index is 685. The van der Waals surface area contributed by atoms with Gasteiger partial charge in [0.2, 0.25) is 0 Å². The second-order valence-electron chi connectivity index (χ2n) is 8.56. The van der Waals surface area contributed by atoms with Crippen LogP contribution in [0.5, 0.6) is 0 Å². The minimum Gasteiger partial charge on any atom is -0.0946 e. The van der Waals surface area contributed by atoms with E-state index in [0.717, 1.165) is 0 Å². The molecule has 0 nitrogen and oxygen atoms in total. The number of rotatable bonds is 9. The lowest BCUT2D eigenvalue weighted by molar-refractivity contribution is 0.670. The van der Waals surface area contributed by atoms with Gasteiger partial charge in [0.05, 0.1) is 0 Å². The van der Waals surface area contributed by atoms with Crippen molar-refractivity contribution in [3.05, 3.63) is 71.6 Å². The molecule has 0 radical (unpaired) electrons. The van der Waals surface area contributed by atoms with E-state index in [1.54, 1.807) is 15.6 Å². The molecule has 0 fully saturated rings. The van der Waals surface area contributed by atoms with Gasteiger partial charge in [-0.1, -0.05) is 134 Å². The SMILES string of the molecule is CCCCCCC(=C[Si](C)(C)c1ccccc1)[Si](C)(C)c1ccccc1. The Morgan fingerprint density at radius 3 is 1.81 bits per heavy atom. The monoisotopic (exact) mass is 380 g/mol. The highest BCUT2D eigenvalue weighted by Crippen LogP contribution is 2.24. The third kappa shape index (κ3) is 5.55. The summed E-state index contributed by atoms with van der Waals surface area (Å²) in [6, 6.07) is 22.4. The van der Waals surface area contributed by atoms with Crippen molar-refractivity contribution in [3.63, 3.8) is 0 Å². The summed E-state index contributed by atoms with van der Waals surface area (Å²) >= 11 is 0. The van der Waals surface area contributed by atoms with Crippen molar-refractivity contribution in [2.24, 2.45) is 0 Å². The molecule has 0 saturated carbocycles. The standard InChI is InChI=1S/C24H36Si2/c1-6-7-8-11-20-24(26(4,5)23-18-14-10-15-19-23)21-25(2,3)22-16-12-9-13-17-22/h9-10,12-19,21H,6-8,11,20H2,1-5H3. The molecule has 0 heterocycles. The van der Waals surface area contributed by atoms with E-state index in [2.05, 4.69) is 99.5 Å². The summed E-state index contributed by atoms with van der Waals surface area (Å²) in [6.07, 6.45) is 6.64. The summed E-state index contributed by atoms with van der Waals surface area (Å²) in [5, 5.41) is 4.88. The molecule has 2 aromatic carbocycles. The van der Waals surface area contributed by atoms with Gasteiger partial charge in [0.25, 0.3) is 0 Å². The van der Waals surface area contributed by atoms with Crippen LogP contribution in [0.15, 0.2) is 71.6 Å². The zero-order chi connectivity index (χ0) is 19.0. The maximum atomic E-state index is 2.74. The molecule has 0 aliphatic rings. The van der Waals surface area contributed by atoms with Crippen LogP contribution >= 0.6 is 0 Å². The third-order valence-corrected chi connectivity index (χ3v) is 12.6. The lowest BCUT2D eigenvalue weighted by Gasteiger charge is -2.31. The number of benzene rings is 2. The van der Waals surface area contributed by atoms with Crippen LogP contribution in [0, 0.1) is 0 Å². The van der Waals surface area contributed by atoms with E-state index in [1.807, 2.05) is 0 Å². The molecule has 0 atom stereocenters. The van der Waals surface area contributed by atoms with Crippen molar-refractivity contribution < 1.29 is 0 Å². The average molecular weight is 381 g/mol. The second-order valence-corrected chi connectivity index (χ2v) is 17.3. The first-order valence-corrected chi connectivity index (χ1v) is 16.3. The van der Waals surface area contributed by atoms with E-state index in [9.17, 15) is 0 Å². The fraction of sp³-hybridized carbons (Fsp3) is 0.417. The van der Waals surface area contributed by atoms with Crippen LogP contribution in [-0.4, -0.2) is 16.1 Å². The van der Waals surface area contributed by atoms with E-state index in [0.29, 0.717) is 0 Å². The van der Waals surface area contributed by atoms with Gasteiger partial charge in [0, 0.05) is 0 Å². The third-order valence-electron chi connectivity index (χ3n) is 5.65. The fourth-order valence-corrected chi connectivity index (χ4v) is 10.7. The lowest BCUT2D eigenvalue weighted by Crippen LogP contribution is -2.47. The van der Waals surface area contributed by atoms with Crippen molar-refractivity contribution in [2.75, 3.05) is 0 Å². The molecule has 2 heteroatoms. The highest BCUT2D eigenvalue weighted by molar-refractivity contribution is 6.99. The first-order chi connectivity index (χ1) is 12.4. The van der Waals surface area contributed by atoms with Gasteiger partial charge < -0.3 is 0 Å². The van der Waals surface area contributed by atoms with E-state index < -0.39 is 16.1 Å². The number of unbranched alkanes of at least 4 members (excludes halogenated alkanes) is 3. The van der Waals surface area contributed by atoms with Crippen LogP contribution in [0.3, 0.4) is 0 Å². The lowest BCUT2D eigenvalue weighted by atomic mass is 10.1. The molecule has 0 saturated heterocycles. The fourth-order valence-electron chi connectivity index (χ4n) is 3.73. The van der Waals surface area contributed by atoms with Crippen molar-refractivity contribution in [3.8, 4) is 0 Å². The predicted molar refractivity (Wildman–Crippen MR) is 124 cm³/mol. The maximum Gasteiger partial charge on any atom is 0.106 e. The normalized spacial score (nSPS) is 13.0. The van der Waals surface area contributed by atoms with Gasteiger partial charge in [-0.2, -0.15) is 0 Å². The Morgan fingerprint density at radius 2 is 1.27 bits per heavy atom. The van der Waals surface area contributed by atoms with E-state index in [-0.39, 0.29) is 0 Å². The van der Waals surface area contributed by atoms with Crippen molar-refractivity contribution >= 4 is 26.5 Å². The summed E-state index contributed by atoms with van der Waals surface area (Å²) in [4.78, 5) is 0. The Labute approximate surface area is 163 Å². The largest absolute Gasteiger partial charge is 0.106 e. The first kappa shape index (κ1) is 20.9. The molecular formula is C24H36Si2. The smallest absolute Gasteiger partial charge is 0.0946 e. The number of allylic oxidation sites excluding steroid dienone is 1. The van der Waals surface area contributed by atoms with Gasteiger partial charge >= 0.3 is 0 Å². The van der Waals surface area contributed by atoms with Gasteiger partial charge in [0.1, 0.15) is 16.1 Å². The molecule has 0 aliphatic carbocycles. The number of hydrogen-bond acceptors (Lipinski definition) is 0. The van der Waals surface area contributed by atoms with Gasteiger partial charge in [0.15, 0.2) is 0 Å². The molecule has 0 aromatic heterocycles. The van der Waals surface area contributed by atoms with Gasteiger partial charge in [-0.3, -0.25) is 0 Å². The minimum absolute atomic E-state index is 1.28. The Kier molecular flexibility index (Phi) is 7.66. The first-order valence-electron chi connectivity index (χ1n) is 10.2. The summed E-state index contributed by atoms with van der Waals surface area (Å²) < 4.78 is 0. The average Bonchev–Trinajstić information content (AvgIpc) is 2.65. The van der Waals surface area contributed by atoms with Crippen molar-refractivity contribution in [1.82, 2.24) is 0 Å². The van der Waals surface area contributed by atoms with Gasteiger partial charge in [-0.05, 0) is 12.8 Å². The van der Waals surface area contributed by atoms with E-state index in [1.165, 1.54) is 32.1 Å². The quantitative estimate of drug-likeness (QED) is 0.359. The molecule has 0 bridgehead atoms. The van der Waals surface area contributed by atoms with E-state index >= 15 is 0 Å². The zero-order valence-corrected chi connectivity index (χ0v) is 19.4. The molecule has 0 aliphatic heterocycles. The van der Waals surface area contributed by atoms with Crippen molar-refractivity contribution in [2.45, 2.75) is 65.2 Å². The Balaban J connectivity index is 2.37. The summed E-state index contributed by atoms with van der Waals surface area (Å²) in [5.41, 5.74) is 2.74. The summed E-state index contributed by atoms with van der Waals surface area (Å²) in [7, 11) is -3.20. The molecule has 2 rings (SSSR count). The molecule has 0 unspecified atom stereocenters. The van der Waals surface area contributed by atoms with E-state index in [4.69, 9.17) is 0 Å². The van der Waals surface area contributed by atoms with Crippen LogP contribution in [0.25, 0.3) is 0 Å². The molecule has 26 heavy (non-hydrogen) atoms. The highest BCUT2D eigenvalue weighted by Gasteiger charge is 2.31. The number of hydrogen-bond donors (Lipinski definition) is 0. The van der Waals surface area contributed by atoms with Crippen LogP contribution in [-0.2, 0) is 0 Å².